The van der Waals surface area contributed by atoms with Gasteiger partial charge in [-0.25, -0.2) is 0 Å². The summed E-state index contributed by atoms with van der Waals surface area (Å²) >= 11 is 0. The molecule has 1 fully saturated rings. The van der Waals surface area contributed by atoms with Crippen LogP contribution in [-0.2, 0) is 21.6 Å². The van der Waals surface area contributed by atoms with E-state index in [0.29, 0.717) is 11.1 Å². The van der Waals surface area contributed by atoms with Gasteiger partial charge >= 0.3 is 5.97 Å². The second-order valence-corrected chi connectivity index (χ2v) is 8.97. The number of carbonyl (C=O) groups is 1. The maximum absolute atomic E-state index is 14.0. The van der Waals surface area contributed by atoms with Gasteiger partial charge in [-0.2, -0.15) is 0 Å². The summed E-state index contributed by atoms with van der Waals surface area (Å²) in [6.45, 7) is 2.33. The predicted molar refractivity (Wildman–Crippen MR) is 124 cm³/mol. The van der Waals surface area contributed by atoms with Crippen LogP contribution in [0, 0.1) is 0 Å². The van der Waals surface area contributed by atoms with Gasteiger partial charge in [0.25, 0.3) is 0 Å². The van der Waals surface area contributed by atoms with E-state index < -0.39 is 11.6 Å². The van der Waals surface area contributed by atoms with Gasteiger partial charge in [0.05, 0.1) is 20.1 Å². The van der Waals surface area contributed by atoms with Gasteiger partial charge in [0, 0.05) is 24.9 Å². The van der Waals surface area contributed by atoms with Crippen molar-refractivity contribution in [2.24, 2.45) is 0 Å². The predicted octanol–water partition coefficient (Wildman–Crippen LogP) is 3.69. The first-order valence-electron chi connectivity index (χ1n) is 11.4. The van der Waals surface area contributed by atoms with Crippen molar-refractivity contribution in [1.29, 1.82) is 0 Å². The average Bonchev–Trinajstić information content (AvgIpc) is 3.23. The van der Waals surface area contributed by atoms with Gasteiger partial charge in [0.2, 0.25) is 0 Å². The van der Waals surface area contributed by atoms with Crippen LogP contribution in [0.25, 0.3) is 0 Å². The summed E-state index contributed by atoms with van der Waals surface area (Å²) in [6, 6.07) is 28.3. The number of hydrogen-bond donors (Lipinski definition) is 0. The highest BCUT2D eigenvalue weighted by Gasteiger charge is 2.40. The molecule has 32 heavy (non-hydrogen) atoms. The summed E-state index contributed by atoms with van der Waals surface area (Å²) in [5.74, 6) is -0.726. The van der Waals surface area contributed by atoms with Crippen LogP contribution in [0.3, 0.4) is 0 Å². The van der Waals surface area contributed by atoms with E-state index in [1.807, 2.05) is 18.2 Å². The number of rotatable bonds is 8. The number of ether oxygens (including phenoxy) is 1. The van der Waals surface area contributed by atoms with Crippen LogP contribution < -0.4 is 5.11 Å². The highest BCUT2D eigenvalue weighted by atomic mass is 16.6. The Kier molecular flexibility index (Phi) is 6.73. The number of carbonyl (C=O) groups excluding carboxylic acids is 1. The Morgan fingerprint density at radius 3 is 2.03 bits per heavy atom. The molecule has 1 aliphatic heterocycles. The summed E-state index contributed by atoms with van der Waals surface area (Å²) in [7, 11) is 2.24. The van der Waals surface area contributed by atoms with Gasteiger partial charge in [0.1, 0.15) is 12.6 Å². The van der Waals surface area contributed by atoms with Crippen LogP contribution in [0.2, 0.25) is 0 Å². The summed E-state index contributed by atoms with van der Waals surface area (Å²) in [5, 5.41) is 14.0. The molecule has 0 saturated carbocycles. The zero-order valence-corrected chi connectivity index (χ0v) is 18.7. The van der Waals surface area contributed by atoms with Crippen molar-refractivity contribution in [1.82, 2.24) is 0 Å². The van der Waals surface area contributed by atoms with Crippen molar-refractivity contribution in [3.63, 3.8) is 0 Å². The van der Waals surface area contributed by atoms with E-state index in [1.165, 1.54) is 5.56 Å². The van der Waals surface area contributed by atoms with E-state index in [0.717, 1.165) is 36.8 Å². The van der Waals surface area contributed by atoms with Gasteiger partial charge in [0.15, 0.2) is 0 Å². The van der Waals surface area contributed by atoms with E-state index in [2.05, 4.69) is 31.3 Å². The first-order valence-corrected chi connectivity index (χ1v) is 11.4. The molecule has 3 aromatic rings. The molecule has 0 aliphatic carbocycles. The smallest absolute Gasteiger partial charge is 0.304 e. The maximum Gasteiger partial charge on any atom is 0.304 e. The van der Waals surface area contributed by atoms with Crippen molar-refractivity contribution < 1.29 is 19.1 Å². The Morgan fingerprint density at radius 2 is 1.47 bits per heavy atom. The monoisotopic (exact) mass is 429 g/mol. The largest absolute Gasteiger partial charge is 0.834 e. The number of likely N-dealkylation sites (tertiary alicyclic amines) is 1. The van der Waals surface area contributed by atoms with Gasteiger partial charge in [-0.05, 0) is 16.7 Å². The average molecular weight is 430 g/mol. The van der Waals surface area contributed by atoms with Gasteiger partial charge in [-0.3, -0.25) is 4.79 Å². The Balaban J connectivity index is 1.48. The fourth-order valence-corrected chi connectivity index (χ4v) is 4.79. The molecule has 4 nitrogen and oxygen atoms in total. The van der Waals surface area contributed by atoms with Crippen LogP contribution in [0.15, 0.2) is 91.0 Å². The first-order chi connectivity index (χ1) is 15.5. The normalized spacial score (nSPS) is 20.8. The molecule has 0 radical (unpaired) electrons. The summed E-state index contributed by atoms with van der Waals surface area (Å²) < 4.78 is 6.65. The van der Waals surface area contributed by atoms with Crippen LogP contribution >= 0.6 is 0 Å². The number of hydrogen-bond acceptors (Lipinski definition) is 3. The molecule has 3 aromatic carbocycles. The molecule has 0 N–H and O–H groups in total. The molecule has 0 aromatic heterocycles. The molecule has 0 bridgehead atoms. The molecule has 1 unspecified atom stereocenters. The van der Waals surface area contributed by atoms with Crippen molar-refractivity contribution in [3.05, 3.63) is 108 Å². The molecular formula is C28H31NO3. The maximum atomic E-state index is 14.0. The van der Waals surface area contributed by atoms with Gasteiger partial charge in [-0.15, -0.1) is 0 Å². The quantitative estimate of drug-likeness (QED) is 0.405. The summed E-state index contributed by atoms with van der Waals surface area (Å²) in [4.78, 5) is 13.3. The molecule has 0 spiro atoms. The lowest BCUT2D eigenvalue weighted by molar-refractivity contribution is -0.921. The van der Waals surface area contributed by atoms with Gasteiger partial charge < -0.3 is 14.3 Å². The Labute approximate surface area is 190 Å². The minimum atomic E-state index is -2.07. The van der Waals surface area contributed by atoms with Crippen molar-refractivity contribution in [2.45, 2.75) is 30.9 Å². The van der Waals surface area contributed by atoms with Gasteiger partial charge in [-0.1, -0.05) is 91.0 Å². The minimum absolute atomic E-state index is 0.207. The zero-order chi connectivity index (χ0) is 22.4. The molecule has 166 valence electrons. The minimum Gasteiger partial charge on any atom is -0.834 e. The van der Waals surface area contributed by atoms with E-state index in [1.54, 1.807) is 48.5 Å². The van der Waals surface area contributed by atoms with Crippen molar-refractivity contribution >= 4 is 5.97 Å². The highest BCUT2D eigenvalue weighted by molar-refractivity contribution is 5.85. The summed E-state index contributed by atoms with van der Waals surface area (Å²) in [6.07, 6.45) is 3.09. The lowest BCUT2D eigenvalue weighted by Crippen LogP contribution is -2.54. The number of benzene rings is 3. The third-order valence-corrected chi connectivity index (χ3v) is 6.90. The Morgan fingerprint density at radius 1 is 0.938 bits per heavy atom. The third-order valence-electron chi connectivity index (χ3n) is 6.90. The number of nitrogens with zero attached hydrogens (tertiary/aromatic N) is 1. The van der Waals surface area contributed by atoms with Crippen LogP contribution in [0.5, 0.6) is 0 Å². The standard InChI is InChI=1S/C28H31NO3/c1-29(21-19-23-12-5-2-6-13-23)20-11-18-26(29)22-32-27(30)28(31,24-14-7-3-8-15-24)25-16-9-4-10-17-25/h2-10,12-17,26H,11,18-22H2,1H3/t26-,29?/m1/s1. The molecule has 1 heterocycles. The Hall–Kier alpha value is -2.95. The van der Waals surface area contributed by atoms with E-state index in [4.69, 9.17) is 4.74 Å². The fourth-order valence-electron chi connectivity index (χ4n) is 4.79. The molecule has 4 heteroatoms. The number of quaternary nitrogens is 1. The first kappa shape index (κ1) is 22.3. The molecule has 2 atom stereocenters. The molecule has 1 aliphatic rings. The SMILES string of the molecule is C[N+]1(CCc2ccccc2)CCC[C@@H]1COC(=O)C([O-])(c1ccccc1)c1ccccc1. The van der Waals surface area contributed by atoms with Crippen LogP contribution in [0.4, 0.5) is 0 Å². The molecule has 4 rings (SSSR count). The third kappa shape index (κ3) is 4.62. The van der Waals surface area contributed by atoms with Crippen LogP contribution in [-0.4, -0.2) is 43.2 Å². The lowest BCUT2D eigenvalue weighted by Gasteiger charge is -2.40. The number of likely N-dealkylation sites (N-methyl/N-ethyl adjacent to an activating group) is 1. The molecule has 1 saturated heterocycles. The highest BCUT2D eigenvalue weighted by Crippen LogP contribution is 2.30. The second-order valence-electron chi connectivity index (χ2n) is 8.97. The van der Waals surface area contributed by atoms with Crippen LogP contribution in [0.1, 0.15) is 29.5 Å². The summed E-state index contributed by atoms with van der Waals surface area (Å²) in [5.41, 5.74) is 0.0586. The van der Waals surface area contributed by atoms with E-state index in [9.17, 15) is 9.90 Å². The van der Waals surface area contributed by atoms with Crippen molar-refractivity contribution in [2.75, 3.05) is 26.7 Å². The fraction of sp³-hybridized carbons (Fsp3) is 0.321. The van der Waals surface area contributed by atoms with Crippen molar-refractivity contribution in [3.8, 4) is 0 Å². The second kappa shape index (κ2) is 9.68. The number of esters is 1. The van der Waals surface area contributed by atoms with E-state index in [-0.39, 0.29) is 12.6 Å². The molecular weight excluding hydrogens is 398 g/mol. The lowest BCUT2D eigenvalue weighted by atomic mass is 9.86. The topological polar surface area (TPSA) is 49.4 Å². The Bertz CT molecular complexity index is 967. The zero-order valence-electron chi connectivity index (χ0n) is 18.7. The molecule has 0 amide bonds. The van der Waals surface area contributed by atoms with E-state index >= 15 is 0 Å².